The summed E-state index contributed by atoms with van der Waals surface area (Å²) in [6.07, 6.45) is 7.49. The van der Waals surface area contributed by atoms with Crippen LogP contribution >= 0.6 is 0 Å². The van der Waals surface area contributed by atoms with Gasteiger partial charge in [-0.15, -0.1) is 0 Å². The molecular formula is C12H26N2. The molecule has 14 heavy (non-hydrogen) atoms. The predicted octanol–water partition coefficient (Wildman–Crippen LogP) is 2.42. The predicted molar refractivity (Wildman–Crippen MR) is 62.4 cm³/mol. The van der Waals surface area contributed by atoms with Gasteiger partial charge in [-0.05, 0) is 32.6 Å². The van der Waals surface area contributed by atoms with Crippen LogP contribution in [0.4, 0.5) is 0 Å². The van der Waals surface area contributed by atoms with Crippen molar-refractivity contribution in [3.8, 4) is 0 Å². The Morgan fingerprint density at radius 3 is 2.29 bits per heavy atom. The van der Waals surface area contributed by atoms with Gasteiger partial charge in [0.2, 0.25) is 0 Å². The van der Waals surface area contributed by atoms with Crippen LogP contribution in [0.15, 0.2) is 0 Å². The van der Waals surface area contributed by atoms with Crippen LogP contribution in [0.3, 0.4) is 0 Å². The molecule has 1 fully saturated rings. The fourth-order valence-electron chi connectivity index (χ4n) is 2.24. The van der Waals surface area contributed by atoms with Crippen LogP contribution < -0.4 is 11.1 Å². The molecule has 2 atom stereocenters. The SMILES string of the molecule is CCC(C)(CC)NC1CCCCC1N. The first kappa shape index (κ1) is 12.0. The van der Waals surface area contributed by atoms with Crippen LogP contribution in [0.25, 0.3) is 0 Å². The molecule has 0 aromatic rings. The monoisotopic (exact) mass is 198 g/mol. The minimum absolute atomic E-state index is 0.291. The van der Waals surface area contributed by atoms with E-state index in [1.807, 2.05) is 0 Å². The van der Waals surface area contributed by atoms with Gasteiger partial charge in [-0.3, -0.25) is 0 Å². The van der Waals surface area contributed by atoms with Gasteiger partial charge < -0.3 is 11.1 Å². The third-order valence-corrected chi connectivity index (χ3v) is 3.91. The van der Waals surface area contributed by atoms with Gasteiger partial charge in [-0.2, -0.15) is 0 Å². The molecule has 1 rings (SSSR count). The highest BCUT2D eigenvalue weighted by atomic mass is 15.0. The fourth-order valence-corrected chi connectivity index (χ4v) is 2.24. The van der Waals surface area contributed by atoms with Crippen molar-refractivity contribution in [1.29, 1.82) is 0 Å². The summed E-state index contributed by atoms with van der Waals surface area (Å²) in [5.74, 6) is 0. The highest BCUT2D eigenvalue weighted by Crippen LogP contribution is 2.22. The second kappa shape index (κ2) is 5.13. The summed E-state index contributed by atoms with van der Waals surface area (Å²) in [5, 5.41) is 3.76. The number of hydrogen-bond donors (Lipinski definition) is 2. The maximum Gasteiger partial charge on any atom is 0.0224 e. The topological polar surface area (TPSA) is 38.0 Å². The van der Waals surface area contributed by atoms with Gasteiger partial charge in [0.25, 0.3) is 0 Å². The van der Waals surface area contributed by atoms with Gasteiger partial charge in [0.1, 0.15) is 0 Å². The van der Waals surface area contributed by atoms with Crippen molar-refractivity contribution in [3.05, 3.63) is 0 Å². The van der Waals surface area contributed by atoms with Crippen molar-refractivity contribution in [2.75, 3.05) is 0 Å². The first-order valence-corrected chi connectivity index (χ1v) is 6.14. The van der Waals surface area contributed by atoms with Crippen LogP contribution in [-0.4, -0.2) is 17.6 Å². The number of nitrogens with two attached hydrogens (primary N) is 1. The lowest BCUT2D eigenvalue weighted by Crippen LogP contribution is -2.55. The summed E-state index contributed by atoms with van der Waals surface area (Å²) in [6, 6.07) is 0.926. The Hall–Kier alpha value is -0.0800. The van der Waals surface area contributed by atoms with Gasteiger partial charge in [-0.1, -0.05) is 26.7 Å². The quantitative estimate of drug-likeness (QED) is 0.728. The molecule has 0 bridgehead atoms. The minimum Gasteiger partial charge on any atom is -0.326 e. The number of hydrogen-bond acceptors (Lipinski definition) is 2. The Labute approximate surface area is 88.6 Å². The first-order chi connectivity index (χ1) is 6.61. The van der Waals surface area contributed by atoms with Crippen LogP contribution in [-0.2, 0) is 0 Å². The van der Waals surface area contributed by atoms with Crippen LogP contribution in [0.5, 0.6) is 0 Å². The second-order valence-electron chi connectivity index (χ2n) is 4.97. The molecule has 1 aliphatic carbocycles. The minimum atomic E-state index is 0.291. The molecule has 3 N–H and O–H groups in total. The Kier molecular flexibility index (Phi) is 4.39. The molecular weight excluding hydrogens is 172 g/mol. The summed E-state index contributed by atoms with van der Waals surface area (Å²) < 4.78 is 0. The summed E-state index contributed by atoms with van der Waals surface area (Å²) in [6.45, 7) is 6.82. The summed E-state index contributed by atoms with van der Waals surface area (Å²) in [4.78, 5) is 0. The average Bonchev–Trinajstić information content (AvgIpc) is 2.21. The zero-order valence-electron chi connectivity index (χ0n) is 9.97. The smallest absolute Gasteiger partial charge is 0.0224 e. The van der Waals surface area contributed by atoms with E-state index in [0.29, 0.717) is 17.6 Å². The zero-order valence-corrected chi connectivity index (χ0v) is 9.97. The molecule has 1 aliphatic rings. The van der Waals surface area contributed by atoms with Crippen LogP contribution in [0, 0.1) is 0 Å². The first-order valence-electron chi connectivity index (χ1n) is 6.14. The van der Waals surface area contributed by atoms with E-state index >= 15 is 0 Å². The van der Waals surface area contributed by atoms with Crippen molar-refractivity contribution in [3.63, 3.8) is 0 Å². The molecule has 2 heteroatoms. The van der Waals surface area contributed by atoms with E-state index in [-0.39, 0.29) is 0 Å². The van der Waals surface area contributed by atoms with E-state index in [9.17, 15) is 0 Å². The Balaban J connectivity index is 2.48. The molecule has 2 nitrogen and oxygen atoms in total. The molecule has 0 radical (unpaired) electrons. The highest BCUT2D eigenvalue weighted by molar-refractivity contribution is 4.91. The van der Waals surface area contributed by atoms with Crippen molar-refractivity contribution in [1.82, 2.24) is 5.32 Å². The number of nitrogens with one attached hydrogen (secondary N) is 1. The van der Waals surface area contributed by atoms with Crippen LogP contribution in [0.1, 0.15) is 59.3 Å². The lowest BCUT2D eigenvalue weighted by Gasteiger charge is -2.38. The molecule has 0 aliphatic heterocycles. The van der Waals surface area contributed by atoms with Gasteiger partial charge in [-0.25, -0.2) is 0 Å². The van der Waals surface area contributed by atoms with E-state index in [4.69, 9.17) is 5.73 Å². The molecule has 84 valence electrons. The van der Waals surface area contributed by atoms with Crippen molar-refractivity contribution >= 4 is 0 Å². The summed E-state index contributed by atoms with van der Waals surface area (Å²) in [5.41, 5.74) is 6.42. The maximum absolute atomic E-state index is 6.13. The molecule has 0 heterocycles. The van der Waals surface area contributed by atoms with Gasteiger partial charge in [0.05, 0.1) is 0 Å². The molecule has 0 aromatic heterocycles. The Morgan fingerprint density at radius 1 is 1.21 bits per heavy atom. The summed E-state index contributed by atoms with van der Waals surface area (Å²) in [7, 11) is 0. The molecule has 2 unspecified atom stereocenters. The lowest BCUT2D eigenvalue weighted by molar-refractivity contribution is 0.230. The lowest BCUT2D eigenvalue weighted by atomic mass is 9.86. The van der Waals surface area contributed by atoms with Crippen molar-refractivity contribution < 1.29 is 0 Å². The average molecular weight is 198 g/mol. The maximum atomic E-state index is 6.13. The van der Waals surface area contributed by atoms with E-state index in [1.165, 1.54) is 38.5 Å². The third-order valence-electron chi connectivity index (χ3n) is 3.91. The second-order valence-corrected chi connectivity index (χ2v) is 4.97. The zero-order chi connectivity index (χ0) is 10.6. The fraction of sp³-hybridized carbons (Fsp3) is 1.00. The van der Waals surface area contributed by atoms with Gasteiger partial charge in [0, 0.05) is 17.6 Å². The Bertz CT molecular complexity index is 164. The highest BCUT2D eigenvalue weighted by Gasteiger charge is 2.28. The summed E-state index contributed by atoms with van der Waals surface area (Å²) >= 11 is 0. The van der Waals surface area contributed by atoms with E-state index in [0.717, 1.165) is 0 Å². The van der Waals surface area contributed by atoms with Gasteiger partial charge in [0.15, 0.2) is 0 Å². The number of rotatable bonds is 4. The van der Waals surface area contributed by atoms with Crippen molar-refractivity contribution in [2.24, 2.45) is 5.73 Å². The van der Waals surface area contributed by atoms with E-state index in [1.54, 1.807) is 0 Å². The van der Waals surface area contributed by atoms with Gasteiger partial charge >= 0.3 is 0 Å². The molecule has 0 aromatic carbocycles. The Morgan fingerprint density at radius 2 is 1.79 bits per heavy atom. The standard InChI is InChI=1S/C12H26N2/c1-4-12(3,5-2)14-11-9-7-6-8-10(11)13/h10-11,14H,4-9,13H2,1-3H3. The normalized spacial score (nSPS) is 29.1. The molecule has 0 saturated heterocycles. The van der Waals surface area contributed by atoms with Crippen LogP contribution in [0.2, 0.25) is 0 Å². The van der Waals surface area contributed by atoms with E-state index in [2.05, 4.69) is 26.1 Å². The molecule has 0 amide bonds. The third kappa shape index (κ3) is 2.96. The van der Waals surface area contributed by atoms with E-state index < -0.39 is 0 Å². The van der Waals surface area contributed by atoms with Crippen molar-refractivity contribution in [2.45, 2.75) is 76.9 Å². The molecule has 1 saturated carbocycles. The molecule has 0 spiro atoms. The largest absolute Gasteiger partial charge is 0.326 e.